The second-order valence-electron chi connectivity index (χ2n) is 4.88. The molecule has 3 aromatic rings. The Hall–Kier alpha value is -2.07. The molecule has 0 fully saturated rings. The summed E-state index contributed by atoms with van der Waals surface area (Å²) in [6.07, 6.45) is 4.57. The van der Waals surface area contributed by atoms with Crippen LogP contribution in [-0.4, -0.2) is 11.5 Å². The number of rotatable bonds is 5. The van der Waals surface area contributed by atoms with Gasteiger partial charge in [0.1, 0.15) is 11.8 Å². The topological polar surface area (TPSA) is 51.2 Å². The molecule has 0 saturated heterocycles. The third-order valence-corrected chi connectivity index (χ3v) is 3.34. The van der Waals surface area contributed by atoms with Gasteiger partial charge in [-0.25, -0.2) is 4.98 Å². The summed E-state index contributed by atoms with van der Waals surface area (Å²) in [6, 6.07) is 8.03. The fourth-order valence-corrected chi connectivity index (χ4v) is 2.23. The highest BCUT2D eigenvalue weighted by Gasteiger charge is 2.15. The Bertz CT molecular complexity index is 699. The lowest BCUT2D eigenvalue weighted by molar-refractivity contribution is 0.423. The molecule has 2 heterocycles. The van der Waals surface area contributed by atoms with Gasteiger partial charge in [-0.2, -0.15) is 0 Å². The van der Waals surface area contributed by atoms with Gasteiger partial charge in [-0.15, -0.1) is 0 Å². The molecule has 0 aliphatic heterocycles. The summed E-state index contributed by atoms with van der Waals surface area (Å²) >= 11 is 0. The molecule has 1 unspecified atom stereocenters. The monoisotopic (exact) mass is 270 g/mol. The van der Waals surface area contributed by atoms with Gasteiger partial charge in [0.05, 0.1) is 17.8 Å². The maximum Gasteiger partial charge on any atom is 0.211 e. The Morgan fingerprint density at radius 1 is 1.30 bits per heavy atom. The van der Waals surface area contributed by atoms with Crippen molar-refractivity contribution >= 4 is 11.0 Å². The van der Waals surface area contributed by atoms with Gasteiger partial charge in [0.2, 0.25) is 5.89 Å². The summed E-state index contributed by atoms with van der Waals surface area (Å²) in [5.41, 5.74) is 1.81. The van der Waals surface area contributed by atoms with Gasteiger partial charge in [-0.1, -0.05) is 25.1 Å². The summed E-state index contributed by atoms with van der Waals surface area (Å²) in [6.45, 7) is 5.14. The Labute approximate surface area is 117 Å². The molecule has 3 rings (SSSR count). The average molecular weight is 270 g/mol. The molecule has 0 aliphatic rings. The third kappa shape index (κ3) is 2.34. The van der Waals surface area contributed by atoms with E-state index in [1.807, 2.05) is 24.3 Å². The van der Waals surface area contributed by atoms with Crippen molar-refractivity contribution in [2.24, 2.45) is 0 Å². The van der Waals surface area contributed by atoms with E-state index in [9.17, 15) is 0 Å². The van der Waals surface area contributed by atoms with Crippen LogP contribution in [0, 0.1) is 0 Å². The van der Waals surface area contributed by atoms with Crippen molar-refractivity contribution in [3.05, 3.63) is 42.6 Å². The van der Waals surface area contributed by atoms with Gasteiger partial charge in [0.15, 0.2) is 5.76 Å². The van der Waals surface area contributed by atoms with E-state index in [0.717, 1.165) is 35.3 Å². The normalized spacial score (nSPS) is 12.9. The zero-order valence-electron chi connectivity index (χ0n) is 11.7. The molecule has 0 amide bonds. The number of furan rings is 1. The molecular formula is C16H18N2O2. The molecule has 0 saturated carbocycles. The summed E-state index contributed by atoms with van der Waals surface area (Å²) in [7, 11) is 0. The van der Waals surface area contributed by atoms with Gasteiger partial charge in [-0.05, 0) is 26.0 Å². The first-order valence-electron chi connectivity index (χ1n) is 6.95. The molecule has 20 heavy (non-hydrogen) atoms. The fourth-order valence-electron chi connectivity index (χ4n) is 2.23. The largest absolute Gasteiger partial charge is 0.464 e. The second-order valence-corrected chi connectivity index (χ2v) is 4.88. The quantitative estimate of drug-likeness (QED) is 0.756. The molecule has 104 valence electrons. The van der Waals surface area contributed by atoms with Crippen LogP contribution in [0.3, 0.4) is 0 Å². The van der Waals surface area contributed by atoms with Crippen molar-refractivity contribution in [1.29, 1.82) is 0 Å². The summed E-state index contributed by atoms with van der Waals surface area (Å²) in [5, 5.41) is 4.41. The molecular weight excluding hydrogens is 252 g/mol. The fraction of sp³-hybridized carbons (Fsp3) is 0.312. The van der Waals surface area contributed by atoms with Gasteiger partial charge in [-0.3, -0.25) is 0 Å². The van der Waals surface area contributed by atoms with Gasteiger partial charge < -0.3 is 14.2 Å². The van der Waals surface area contributed by atoms with Crippen LogP contribution in [0.25, 0.3) is 22.3 Å². The predicted octanol–water partition coefficient (Wildman–Crippen LogP) is 4.15. The summed E-state index contributed by atoms with van der Waals surface area (Å²) in [4.78, 5) is 4.36. The third-order valence-electron chi connectivity index (χ3n) is 3.34. The first-order chi connectivity index (χ1) is 9.79. The van der Waals surface area contributed by atoms with E-state index in [1.165, 1.54) is 0 Å². The molecule has 4 nitrogen and oxygen atoms in total. The summed E-state index contributed by atoms with van der Waals surface area (Å²) in [5.74, 6) is 1.45. The van der Waals surface area contributed by atoms with Crippen LogP contribution < -0.4 is 5.32 Å². The van der Waals surface area contributed by atoms with E-state index >= 15 is 0 Å². The molecule has 1 N–H and O–H groups in total. The molecule has 1 aromatic carbocycles. The molecule has 0 spiro atoms. The van der Waals surface area contributed by atoms with Gasteiger partial charge in [0, 0.05) is 5.39 Å². The highest BCUT2D eigenvalue weighted by molar-refractivity contribution is 5.92. The first-order valence-corrected chi connectivity index (χ1v) is 6.95. The number of nitrogens with one attached hydrogen (secondary N) is 1. The lowest BCUT2D eigenvalue weighted by Crippen LogP contribution is -2.19. The van der Waals surface area contributed by atoms with E-state index < -0.39 is 0 Å². The van der Waals surface area contributed by atoms with E-state index in [4.69, 9.17) is 8.83 Å². The number of aromatic nitrogens is 1. The van der Waals surface area contributed by atoms with Gasteiger partial charge >= 0.3 is 0 Å². The Morgan fingerprint density at radius 2 is 2.15 bits per heavy atom. The second kappa shape index (κ2) is 5.51. The van der Waals surface area contributed by atoms with Crippen LogP contribution in [-0.2, 0) is 0 Å². The highest BCUT2D eigenvalue weighted by atomic mass is 16.4. The number of oxazole rings is 1. The number of benzene rings is 1. The Balaban J connectivity index is 1.90. The highest BCUT2D eigenvalue weighted by Crippen LogP contribution is 2.31. The van der Waals surface area contributed by atoms with E-state index in [1.54, 1.807) is 12.5 Å². The number of nitrogens with zero attached hydrogens (tertiary/aromatic N) is 1. The molecule has 2 aromatic heterocycles. The lowest BCUT2D eigenvalue weighted by Gasteiger charge is -2.08. The summed E-state index contributed by atoms with van der Waals surface area (Å²) < 4.78 is 11.4. The number of para-hydroxylation sites is 1. The minimum Gasteiger partial charge on any atom is -0.464 e. The van der Waals surface area contributed by atoms with Crippen LogP contribution in [0.2, 0.25) is 0 Å². The van der Waals surface area contributed by atoms with Crippen molar-refractivity contribution in [2.75, 3.05) is 6.54 Å². The molecule has 0 bridgehead atoms. The maximum absolute atomic E-state index is 5.86. The molecule has 4 heteroatoms. The minimum absolute atomic E-state index is 0.113. The zero-order chi connectivity index (χ0) is 13.9. The van der Waals surface area contributed by atoms with Gasteiger partial charge in [0.25, 0.3) is 0 Å². The smallest absolute Gasteiger partial charge is 0.211 e. The standard InChI is InChI=1S/C16H18N2O2/c1-3-8-17-11(2)16-18-9-15(20-16)13-10-19-14-7-5-4-6-12(13)14/h4-7,9-11,17H,3,8H2,1-2H3. The van der Waals surface area contributed by atoms with E-state index in [0.29, 0.717) is 5.89 Å². The van der Waals surface area contributed by atoms with Crippen molar-refractivity contribution in [1.82, 2.24) is 10.3 Å². The van der Waals surface area contributed by atoms with Crippen molar-refractivity contribution in [3.8, 4) is 11.3 Å². The SMILES string of the molecule is CCCNC(C)c1ncc(-c2coc3ccccc23)o1. The van der Waals surface area contributed by atoms with Crippen molar-refractivity contribution in [2.45, 2.75) is 26.3 Å². The van der Waals surface area contributed by atoms with E-state index in [-0.39, 0.29) is 6.04 Å². The minimum atomic E-state index is 0.113. The van der Waals surface area contributed by atoms with Crippen LogP contribution >= 0.6 is 0 Å². The average Bonchev–Trinajstić information content (AvgIpc) is 3.10. The predicted molar refractivity (Wildman–Crippen MR) is 78.4 cm³/mol. The number of hydrogen-bond acceptors (Lipinski definition) is 4. The van der Waals surface area contributed by atoms with Crippen molar-refractivity contribution in [3.63, 3.8) is 0 Å². The maximum atomic E-state index is 5.86. The van der Waals surface area contributed by atoms with Crippen LogP contribution in [0.15, 0.2) is 45.6 Å². The lowest BCUT2D eigenvalue weighted by atomic mass is 10.1. The number of fused-ring (bicyclic) bond motifs is 1. The number of hydrogen-bond donors (Lipinski definition) is 1. The molecule has 0 aliphatic carbocycles. The van der Waals surface area contributed by atoms with E-state index in [2.05, 4.69) is 24.1 Å². The Kier molecular flexibility index (Phi) is 3.56. The first kappa shape index (κ1) is 12.9. The zero-order valence-corrected chi connectivity index (χ0v) is 11.7. The van der Waals surface area contributed by atoms with Crippen molar-refractivity contribution < 1.29 is 8.83 Å². The molecule has 0 radical (unpaired) electrons. The Morgan fingerprint density at radius 3 is 3.00 bits per heavy atom. The van der Waals surface area contributed by atoms with Crippen LogP contribution in [0.4, 0.5) is 0 Å². The molecule has 1 atom stereocenters. The van der Waals surface area contributed by atoms with Crippen LogP contribution in [0.5, 0.6) is 0 Å². The van der Waals surface area contributed by atoms with Crippen LogP contribution in [0.1, 0.15) is 32.2 Å².